The van der Waals surface area contributed by atoms with Gasteiger partial charge in [-0.25, -0.2) is 0 Å². The van der Waals surface area contributed by atoms with Gasteiger partial charge in [0.25, 0.3) is 0 Å². The highest BCUT2D eigenvalue weighted by Gasteiger charge is 2.59. The molecule has 0 spiro atoms. The quantitative estimate of drug-likeness (QED) is 0.0848. The zero-order chi connectivity index (χ0) is 32.8. The normalized spacial score (nSPS) is 33.2. The van der Waals surface area contributed by atoms with Crippen molar-refractivity contribution in [3.05, 3.63) is 23.8 Å². The summed E-state index contributed by atoms with van der Waals surface area (Å²) in [5, 5.41) is 0. The van der Waals surface area contributed by atoms with Gasteiger partial charge < -0.3 is 4.74 Å². The second-order valence-corrected chi connectivity index (χ2v) is 18.0. The standard InChI is InChI=1S/C45H80O/c1-7-8-9-10-11-12-13-14-15-16-17-18-19-20-21-22-34-46-39-30-32-44(5)38(35-39)26-27-40-42-29-28-41(37(4)25-23-24-36(2)3)45(42,6)33-31-43(40)44/h14-15,26,36-37,39-43H,7-13,16-25,27-35H2,1-6H3/t37-,39?,40?,41-,42?,43?,44+,45-/m1/s1. The van der Waals surface area contributed by atoms with Crippen LogP contribution in [0, 0.1) is 46.3 Å². The van der Waals surface area contributed by atoms with Crippen molar-refractivity contribution in [2.24, 2.45) is 46.3 Å². The minimum Gasteiger partial charge on any atom is -0.378 e. The van der Waals surface area contributed by atoms with E-state index in [-0.39, 0.29) is 0 Å². The molecule has 266 valence electrons. The van der Waals surface area contributed by atoms with Crippen molar-refractivity contribution in [2.75, 3.05) is 6.61 Å². The number of ether oxygens (including phenoxy) is 1. The van der Waals surface area contributed by atoms with Gasteiger partial charge in [0.2, 0.25) is 0 Å². The Morgan fingerprint density at radius 1 is 0.739 bits per heavy atom. The monoisotopic (exact) mass is 637 g/mol. The third-order valence-corrected chi connectivity index (χ3v) is 14.3. The third-order valence-electron chi connectivity index (χ3n) is 14.3. The van der Waals surface area contributed by atoms with Gasteiger partial charge in [0.1, 0.15) is 0 Å². The lowest BCUT2D eigenvalue weighted by atomic mass is 9.47. The van der Waals surface area contributed by atoms with Gasteiger partial charge in [0.15, 0.2) is 0 Å². The molecule has 0 aromatic carbocycles. The van der Waals surface area contributed by atoms with Gasteiger partial charge in [-0.2, -0.15) is 0 Å². The first-order valence-corrected chi connectivity index (χ1v) is 21.3. The number of allylic oxidation sites excluding steroid dienone is 3. The van der Waals surface area contributed by atoms with Crippen molar-refractivity contribution in [2.45, 2.75) is 208 Å². The van der Waals surface area contributed by atoms with Crippen molar-refractivity contribution in [1.82, 2.24) is 0 Å². The van der Waals surface area contributed by atoms with Crippen LogP contribution in [0.1, 0.15) is 202 Å². The Bertz CT molecular complexity index is 899. The molecule has 0 heterocycles. The molecule has 0 radical (unpaired) electrons. The fourth-order valence-electron chi connectivity index (χ4n) is 11.4. The summed E-state index contributed by atoms with van der Waals surface area (Å²) in [5.41, 5.74) is 2.85. The molecule has 4 aliphatic carbocycles. The predicted octanol–water partition coefficient (Wildman–Crippen LogP) is 14.5. The molecule has 0 N–H and O–H groups in total. The van der Waals surface area contributed by atoms with Crippen LogP contribution in [0.4, 0.5) is 0 Å². The molecule has 8 atom stereocenters. The topological polar surface area (TPSA) is 9.23 Å². The van der Waals surface area contributed by atoms with Crippen LogP contribution >= 0.6 is 0 Å². The zero-order valence-electron chi connectivity index (χ0n) is 32.1. The average Bonchev–Trinajstić information content (AvgIpc) is 3.39. The molecule has 1 nitrogen and oxygen atoms in total. The summed E-state index contributed by atoms with van der Waals surface area (Å²) in [7, 11) is 0. The van der Waals surface area contributed by atoms with E-state index in [1.54, 1.807) is 5.57 Å². The molecule has 1 heteroatoms. The van der Waals surface area contributed by atoms with Crippen LogP contribution in [0.2, 0.25) is 0 Å². The maximum absolute atomic E-state index is 6.55. The Kier molecular flexibility index (Phi) is 16.3. The van der Waals surface area contributed by atoms with Crippen LogP contribution in [0.3, 0.4) is 0 Å². The molecule has 0 bridgehead atoms. The SMILES string of the molecule is CCCCCCCCC=CCCCCCCCCOC1CC[C@@]2(C)C(=CCC3C2CC[C@@]2(C)C3CC[C@@H]2[C@H](C)CCCC(C)C)C1. The van der Waals surface area contributed by atoms with Crippen LogP contribution in [0.15, 0.2) is 23.8 Å². The first kappa shape index (κ1) is 38.2. The number of hydrogen-bond acceptors (Lipinski definition) is 1. The van der Waals surface area contributed by atoms with Crippen molar-refractivity contribution < 1.29 is 4.74 Å². The lowest BCUT2D eigenvalue weighted by molar-refractivity contribution is -0.0641. The van der Waals surface area contributed by atoms with E-state index in [9.17, 15) is 0 Å². The predicted molar refractivity (Wildman–Crippen MR) is 202 cm³/mol. The molecular formula is C45H80O. The first-order chi connectivity index (χ1) is 22.3. The maximum atomic E-state index is 6.55. The summed E-state index contributed by atoms with van der Waals surface area (Å²) >= 11 is 0. The fourth-order valence-corrected chi connectivity index (χ4v) is 11.4. The maximum Gasteiger partial charge on any atom is 0.0612 e. The van der Waals surface area contributed by atoms with E-state index in [0.717, 1.165) is 42.1 Å². The molecule has 4 rings (SSSR count). The van der Waals surface area contributed by atoms with Gasteiger partial charge in [-0.15, -0.1) is 0 Å². The lowest BCUT2D eigenvalue weighted by Gasteiger charge is -2.58. The van der Waals surface area contributed by atoms with Crippen LogP contribution in [-0.4, -0.2) is 12.7 Å². The van der Waals surface area contributed by atoms with Gasteiger partial charge in [-0.1, -0.05) is 142 Å². The smallest absolute Gasteiger partial charge is 0.0612 e. The molecule has 3 fully saturated rings. The Hall–Kier alpha value is -0.560. The third kappa shape index (κ3) is 10.5. The molecule has 0 aromatic heterocycles. The average molecular weight is 637 g/mol. The molecular weight excluding hydrogens is 556 g/mol. The minimum absolute atomic E-state index is 0.453. The first-order valence-electron chi connectivity index (χ1n) is 21.3. The number of unbranched alkanes of at least 4 members (excludes halogenated alkanes) is 12. The Balaban J connectivity index is 1.09. The highest BCUT2D eigenvalue weighted by Crippen LogP contribution is 2.67. The van der Waals surface area contributed by atoms with E-state index in [2.05, 4.69) is 59.8 Å². The van der Waals surface area contributed by atoms with Gasteiger partial charge >= 0.3 is 0 Å². The Morgan fingerprint density at radius 2 is 1.41 bits per heavy atom. The molecule has 4 aliphatic rings. The van der Waals surface area contributed by atoms with Crippen LogP contribution in [-0.2, 0) is 4.74 Å². The Labute approximate surface area is 289 Å². The largest absolute Gasteiger partial charge is 0.378 e. The summed E-state index contributed by atoms with van der Waals surface area (Å²) in [6, 6.07) is 0. The lowest BCUT2D eigenvalue weighted by Crippen LogP contribution is -2.51. The van der Waals surface area contributed by atoms with Crippen LogP contribution in [0.5, 0.6) is 0 Å². The second-order valence-electron chi connectivity index (χ2n) is 18.0. The van der Waals surface area contributed by atoms with Gasteiger partial charge in [-0.3, -0.25) is 0 Å². The molecule has 3 saturated carbocycles. The molecule has 0 amide bonds. The zero-order valence-corrected chi connectivity index (χ0v) is 32.1. The van der Waals surface area contributed by atoms with E-state index >= 15 is 0 Å². The van der Waals surface area contributed by atoms with Gasteiger partial charge in [0.05, 0.1) is 6.10 Å². The van der Waals surface area contributed by atoms with Crippen molar-refractivity contribution in [3.8, 4) is 0 Å². The van der Waals surface area contributed by atoms with Gasteiger partial charge in [-0.05, 0) is 130 Å². The highest BCUT2D eigenvalue weighted by molar-refractivity contribution is 5.25. The van der Waals surface area contributed by atoms with Gasteiger partial charge in [0, 0.05) is 6.61 Å². The van der Waals surface area contributed by atoms with Crippen molar-refractivity contribution >= 4 is 0 Å². The van der Waals surface area contributed by atoms with Crippen LogP contribution < -0.4 is 0 Å². The molecule has 46 heavy (non-hydrogen) atoms. The fraction of sp³-hybridized carbons (Fsp3) is 0.911. The molecule has 0 aliphatic heterocycles. The van der Waals surface area contributed by atoms with E-state index in [1.165, 1.54) is 161 Å². The van der Waals surface area contributed by atoms with E-state index in [0.29, 0.717) is 16.9 Å². The van der Waals surface area contributed by atoms with Crippen molar-refractivity contribution in [1.29, 1.82) is 0 Å². The molecule has 0 aromatic rings. The molecule has 0 saturated heterocycles. The summed E-state index contributed by atoms with van der Waals surface area (Å²) in [6.45, 7) is 16.1. The number of hydrogen-bond donors (Lipinski definition) is 0. The van der Waals surface area contributed by atoms with E-state index in [1.807, 2.05) is 0 Å². The summed E-state index contributed by atoms with van der Waals surface area (Å²) in [5.74, 6) is 5.58. The Morgan fingerprint density at radius 3 is 2.11 bits per heavy atom. The summed E-state index contributed by atoms with van der Waals surface area (Å²) < 4.78 is 6.55. The summed E-state index contributed by atoms with van der Waals surface area (Å²) in [4.78, 5) is 0. The minimum atomic E-state index is 0.453. The molecule has 4 unspecified atom stereocenters. The van der Waals surface area contributed by atoms with E-state index < -0.39 is 0 Å². The van der Waals surface area contributed by atoms with Crippen LogP contribution in [0.25, 0.3) is 0 Å². The highest BCUT2D eigenvalue weighted by atomic mass is 16.5. The second kappa shape index (κ2) is 19.6. The number of fused-ring (bicyclic) bond motifs is 5. The number of rotatable bonds is 22. The summed E-state index contributed by atoms with van der Waals surface area (Å²) in [6.07, 6.45) is 42.9. The van der Waals surface area contributed by atoms with E-state index in [4.69, 9.17) is 4.74 Å². The van der Waals surface area contributed by atoms with Crippen molar-refractivity contribution in [3.63, 3.8) is 0 Å².